The summed E-state index contributed by atoms with van der Waals surface area (Å²) < 4.78 is 13.8. The molecule has 0 atom stereocenters. The lowest BCUT2D eigenvalue weighted by molar-refractivity contribution is 0.668. The van der Waals surface area contributed by atoms with E-state index < -0.39 is 0 Å². The standard InChI is InChI=1S/C65H56N2O2/c1-6-7-15-41-26-29-44(30-27-41)66(56-22-13-20-50-46-18-8-10-24-60(46)68-64(50)56)58-37-54(39(2)3)48-33-35-53-59(38-55(40(4)5)49-32-34-52(58)62(48)63(49)53)67(45-31-28-42-16-12-17-43(42)36-45)57-23-14-21-51-47-19-9-11-25-61(47)69-65(51)57/h8-11,13-14,18-40H,6-7,12,15-17H2,1-5H3. The number of benzene rings is 10. The maximum absolute atomic E-state index is 6.89. The van der Waals surface area contributed by atoms with Gasteiger partial charge in [0, 0.05) is 43.7 Å². The zero-order valence-corrected chi connectivity index (χ0v) is 40.2. The molecule has 0 radical (unpaired) electrons. The maximum Gasteiger partial charge on any atom is 0.159 e. The molecule has 0 amide bonds. The average molecular weight is 897 g/mol. The van der Waals surface area contributed by atoms with Crippen LogP contribution in [0, 0.1) is 0 Å². The number of rotatable bonds is 11. The van der Waals surface area contributed by atoms with Crippen LogP contribution in [0.5, 0.6) is 0 Å². The lowest BCUT2D eigenvalue weighted by atomic mass is 9.84. The van der Waals surface area contributed by atoms with E-state index in [4.69, 9.17) is 8.83 Å². The molecule has 0 fully saturated rings. The van der Waals surface area contributed by atoms with Gasteiger partial charge in [0.1, 0.15) is 11.2 Å². The smallest absolute Gasteiger partial charge is 0.159 e. The van der Waals surface area contributed by atoms with Crippen molar-refractivity contribution < 1.29 is 8.83 Å². The predicted octanol–water partition coefficient (Wildman–Crippen LogP) is 19.4. The zero-order chi connectivity index (χ0) is 46.5. The number of para-hydroxylation sites is 4. The Kier molecular flexibility index (Phi) is 9.83. The van der Waals surface area contributed by atoms with Gasteiger partial charge in [-0.15, -0.1) is 0 Å². The molecular formula is C65H56N2O2. The summed E-state index contributed by atoms with van der Waals surface area (Å²) in [6, 6.07) is 61.3. The van der Waals surface area contributed by atoms with Crippen LogP contribution in [0.25, 0.3) is 76.2 Å². The third-order valence-corrected chi connectivity index (χ3v) is 15.2. The highest BCUT2D eigenvalue weighted by molar-refractivity contribution is 6.30. The Morgan fingerprint density at radius 1 is 0.435 bits per heavy atom. The van der Waals surface area contributed by atoms with Crippen molar-refractivity contribution in [2.24, 2.45) is 0 Å². The molecule has 0 saturated carbocycles. The Morgan fingerprint density at radius 2 is 0.928 bits per heavy atom. The summed E-state index contributed by atoms with van der Waals surface area (Å²) in [5.41, 5.74) is 17.2. The van der Waals surface area contributed by atoms with Crippen LogP contribution < -0.4 is 9.80 Å². The number of hydrogen-bond acceptors (Lipinski definition) is 4. The maximum atomic E-state index is 6.89. The largest absolute Gasteiger partial charge is 0.454 e. The molecule has 0 bridgehead atoms. The number of aryl methyl sites for hydroxylation is 3. The topological polar surface area (TPSA) is 32.8 Å². The second-order valence-corrected chi connectivity index (χ2v) is 20.1. The van der Waals surface area contributed by atoms with Gasteiger partial charge in [-0.3, -0.25) is 0 Å². The first kappa shape index (κ1) is 41.6. The van der Waals surface area contributed by atoms with Gasteiger partial charge in [-0.2, -0.15) is 0 Å². The molecule has 0 saturated heterocycles. The minimum Gasteiger partial charge on any atom is -0.454 e. The molecule has 0 spiro atoms. The normalized spacial score (nSPS) is 13.0. The van der Waals surface area contributed by atoms with E-state index in [9.17, 15) is 0 Å². The minimum absolute atomic E-state index is 0.256. The monoisotopic (exact) mass is 896 g/mol. The molecule has 2 aromatic heterocycles. The molecule has 1 aliphatic rings. The van der Waals surface area contributed by atoms with E-state index in [1.54, 1.807) is 0 Å². The molecule has 2 heterocycles. The van der Waals surface area contributed by atoms with E-state index in [0.29, 0.717) is 0 Å². The van der Waals surface area contributed by atoms with Crippen LogP contribution in [0.1, 0.15) is 93.5 Å². The van der Waals surface area contributed by atoms with Crippen LogP contribution in [-0.2, 0) is 19.3 Å². The van der Waals surface area contributed by atoms with E-state index in [1.807, 2.05) is 0 Å². The number of furan rings is 2. The van der Waals surface area contributed by atoms with Crippen molar-refractivity contribution in [2.75, 3.05) is 9.80 Å². The van der Waals surface area contributed by atoms with Gasteiger partial charge in [0.15, 0.2) is 11.2 Å². The van der Waals surface area contributed by atoms with Gasteiger partial charge in [-0.1, -0.05) is 144 Å². The summed E-state index contributed by atoms with van der Waals surface area (Å²) in [6.45, 7) is 11.7. The summed E-state index contributed by atoms with van der Waals surface area (Å²) in [5.74, 6) is 0.515. The molecule has 0 aliphatic heterocycles. The van der Waals surface area contributed by atoms with Gasteiger partial charge in [-0.05, 0) is 154 Å². The van der Waals surface area contributed by atoms with Crippen molar-refractivity contribution in [3.8, 4) is 0 Å². The second kappa shape index (κ2) is 16.3. The van der Waals surface area contributed by atoms with Crippen LogP contribution in [0.15, 0.2) is 173 Å². The van der Waals surface area contributed by atoms with E-state index in [0.717, 1.165) is 97.3 Å². The van der Waals surface area contributed by atoms with Gasteiger partial charge < -0.3 is 18.6 Å². The second-order valence-electron chi connectivity index (χ2n) is 20.1. The summed E-state index contributed by atoms with van der Waals surface area (Å²) in [7, 11) is 0. The van der Waals surface area contributed by atoms with Gasteiger partial charge in [0.05, 0.1) is 22.7 Å². The fourth-order valence-electron chi connectivity index (χ4n) is 11.9. The fraction of sp³-hybridized carbons (Fsp3) is 0.200. The molecule has 0 unspecified atom stereocenters. The lowest BCUT2D eigenvalue weighted by Gasteiger charge is -2.31. The summed E-state index contributed by atoms with van der Waals surface area (Å²) in [6.07, 6.45) is 6.84. The van der Waals surface area contributed by atoms with Crippen LogP contribution in [0.4, 0.5) is 34.1 Å². The van der Waals surface area contributed by atoms with Crippen LogP contribution in [-0.4, -0.2) is 0 Å². The van der Waals surface area contributed by atoms with Crippen molar-refractivity contribution in [3.63, 3.8) is 0 Å². The summed E-state index contributed by atoms with van der Waals surface area (Å²) in [5, 5.41) is 12.1. The van der Waals surface area contributed by atoms with E-state index >= 15 is 0 Å². The number of anilines is 6. The molecule has 12 aromatic rings. The third kappa shape index (κ3) is 6.56. The number of hydrogen-bond donors (Lipinski definition) is 0. The minimum atomic E-state index is 0.256. The molecule has 0 N–H and O–H groups in total. The van der Waals surface area contributed by atoms with Gasteiger partial charge >= 0.3 is 0 Å². The van der Waals surface area contributed by atoms with Crippen LogP contribution in [0.2, 0.25) is 0 Å². The van der Waals surface area contributed by atoms with E-state index in [1.165, 1.54) is 79.4 Å². The summed E-state index contributed by atoms with van der Waals surface area (Å²) >= 11 is 0. The first-order valence-electron chi connectivity index (χ1n) is 25.2. The van der Waals surface area contributed by atoms with Crippen molar-refractivity contribution in [3.05, 3.63) is 192 Å². The molecule has 338 valence electrons. The molecule has 1 aliphatic carbocycles. The molecule has 13 rings (SSSR count). The number of fused-ring (bicyclic) bond motifs is 7. The van der Waals surface area contributed by atoms with E-state index in [2.05, 4.69) is 208 Å². The molecule has 10 aromatic carbocycles. The quantitative estimate of drug-likeness (QED) is 0.121. The van der Waals surface area contributed by atoms with Gasteiger partial charge in [0.25, 0.3) is 0 Å². The van der Waals surface area contributed by atoms with Crippen LogP contribution in [0.3, 0.4) is 0 Å². The SMILES string of the molecule is CCCCc1ccc(N(c2cc(C(C)C)c3ccc4c(N(c5ccc6c(c5)CCC6)c5cccc6c5oc5ccccc56)cc(C(C)C)c5ccc2c3c54)c2cccc3c2oc2ccccc23)cc1. The Labute approximate surface area is 403 Å². The van der Waals surface area contributed by atoms with Gasteiger partial charge in [0.2, 0.25) is 0 Å². The van der Waals surface area contributed by atoms with Crippen molar-refractivity contribution in [1.82, 2.24) is 0 Å². The first-order valence-corrected chi connectivity index (χ1v) is 25.2. The molecule has 69 heavy (non-hydrogen) atoms. The average Bonchev–Trinajstić information content (AvgIpc) is 4.12. The highest BCUT2D eigenvalue weighted by Crippen LogP contribution is 2.53. The number of nitrogens with zero attached hydrogens (tertiary/aromatic N) is 2. The predicted molar refractivity (Wildman–Crippen MR) is 293 cm³/mol. The Hall–Kier alpha value is -7.56. The fourth-order valence-corrected chi connectivity index (χ4v) is 11.9. The highest BCUT2D eigenvalue weighted by Gasteiger charge is 2.29. The highest BCUT2D eigenvalue weighted by atomic mass is 16.3. The molecule has 4 heteroatoms. The third-order valence-electron chi connectivity index (χ3n) is 15.2. The molecule has 4 nitrogen and oxygen atoms in total. The van der Waals surface area contributed by atoms with E-state index in [-0.39, 0.29) is 11.8 Å². The Bertz CT molecular complexity index is 3940. The van der Waals surface area contributed by atoms with Crippen molar-refractivity contribution in [1.29, 1.82) is 0 Å². The Morgan fingerprint density at radius 3 is 1.48 bits per heavy atom. The lowest BCUT2D eigenvalue weighted by Crippen LogP contribution is -2.13. The van der Waals surface area contributed by atoms with Crippen molar-refractivity contribution in [2.45, 2.75) is 85.0 Å². The Balaban J connectivity index is 1.13. The number of unbranched alkanes of at least 4 members (excludes halogenated alkanes) is 1. The van der Waals surface area contributed by atoms with Crippen molar-refractivity contribution >= 4 is 110 Å². The zero-order valence-electron chi connectivity index (χ0n) is 40.2. The summed E-state index contributed by atoms with van der Waals surface area (Å²) in [4.78, 5) is 5.00. The van der Waals surface area contributed by atoms with Crippen LogP contribution >= 0.6 is 0 Å². The first-order chi connectivity index (χ1) is 33.8. The molecular weight excluding hydrogens is 841 g/mol. The van der Waals surface area contributed by atoms with Gasteiger partial charge in [-0.25, -0.2) is 0 Å².